The Balaban J connectivity index is 1.63. The molecular weight excluding hydrogens is 306 g/mol. The third-order valence-corrected chi connectivity index (χ3v) is 3.71. The standard InChI is InChI=1S/C17H23N5O2/c1-17(2,3)24-16(23)21-12-10-20(11-13-21)14-6-4-7-15(19-14)22-9-5-8-18-22/h4-9H,10-13H2,1-3H3. The predicted molar refractivity (Wildman–Crippen MR) is 91.4 cm³/mol. The van der Waals surface area contributed by atoms with Gasteiger partial charge in [-0.15, -0.1) is 0 Å². The zero-order chi connectivity index (χ0) is 17.2. The second-order valence-electron chi connectivity index (χ2n) is 6.76. The van der Waals surface area contributed by atoms with Gasteiger partial charge in [-0.2, -0.15) is 5.10 Å². The van der Waals surface area contributed by atoms with Crippen molar-refractivity contribution in [1.82, 2.24) is 19.7 Å². The molecule has 1 fully saturated rings. The van der Waals surface area contributed by atoms with Crippen LogP contribution in [0.25, 0.3) is 5.82 Å². The first-order valence-corrected chi connectivity index (χ1v) is 8.12. The summed E-state index contributed by atoms with van der Waals surface area (Å²) in [6, 6.07) is 7.75. The molecule has 3 rings (SSSR count). The number of carbonyl (C=O) groups excluding carboxylic acids is 1. The van der Waals surface area contributed by atoms with Crippen molar-refractivity contribution in [3.63, 3.8) is 0 Å². The van der Waals surface area contributed by atoms with Crippen LogP contribution < -0.4 is 4.90 Å². The van der Waals surface area contributed by atoms with Gasteiger partial charge in [0.2, 0.25) is 0 Å². The summed E-state index contributed by atoms with van der Waals surface area (Å²) in [7, 11) is 0. The number of nitrogens with zero attached hydrogens (tertiary/aromatic N) is 5. The van der Waals surface area contributed by atoms with Crippen molar-refractivity contribution in [2.24, 2.45) is 0 Å². The Bertz CT molecular complexity index is 685. The van der Waals surface area contributed by atoms with Gasteiger partial charge in [-0.3, -0.25) is 0 Å². The van der Waals surface area contributed by atoms with Crippen LogP contribution in [0.5, 0.6) is 0 Å². The van der Waals surface area contributed by atoms with E-state index in [-0.39, 0.29) is 6.09 Å². The van der Waals surface area contributed by atoms with Gasteiger partial charge in [0.15, 0.2) is 5.82 Å². The monoisotopic (exact) mass is 329 g/mol. The van der Waals surface area contributed by atoms with E-state index in [0.717, 1.165) is 24.7 Å². The van der Waals surface area contributed by atoms with Crippen molar-refractivity contribution in [2.75, 3.05) is 31.1 Å². The first-order chi connectivity index (χ1) is 11.4. The minimum Gasteiger partial charge on any atom is -0.444 e. The normalized spacial score (nSPS) is 15.5. The maximum Gasteiger partial charge on any atom is 0.410 e. The van der Waals surface area contributed by atoms with E-state index in [1.54, 1.807) is 15.8 Å². The summed E-state index contributed by atoms with van der Waals surface area (Å²) in [6.45, 7) is 8.36. The summed E-state index contributed by atoms with van der Waals surface area (Å²) in [5.74, 6) is 1.68. The van der Waals surface area contributed by atoms with Gasteiger partial charge in [-0.05, 0) is 39.0 Å². The van der Waals surface area contributed by atoms with E-state index in [1.165, 1.54) is 0 Å². The number of pyridine rings is 1. The van der Waals surface area contributed by atoms with Gasteiger partial charge in [0.25, 0.3) is 0 Å². The summed E-state index contributed by atoms with van der Waals surface area (Å²) in [5, 5.41) is 4.21. The molecule has 0 radical (unpaired) electrons. The number of anilines is 1. The fourth-order valence-electron chi connectivity index (χ4n) is 2.56. The molecule has 3 heterocycles. The van der Waals surface area contributed by atoms with Gasteiger partial charge in [-0.1, -0.05) is 6.07 Å². The number of rotatable bonds is 2. The number of carbonyl (C=O) groups is 1. The fraction of sp³-hybridized carbons (Fsp3) is 0.471. The molecule has 0 aliphatic carbocycles. The third kappa shape index (κ3) is 3.84. The molecule has 0 unspecified atom stereocenters. The number of hydrogen-bond acceptors (Lipinski definition) is 5. The van der Waals surface area contributed by atoms with Crippen LogP contribution >= 0.6 is 0 Å². The lowest BCUT2D eigenvalue weighted by Gasteiger charge is -2.36. The SMILES string of the molecule is CC(C)(C)OC(=O)N1CCN(c2cccc(-n3cccn3)n2)CC1. The molecule has 0 atom stereocenters. The van der Waals surface area contributed by atoms with Crippen LogP contribution in [-0.2, 0) is 4.74 Å². The minimum absolute atomic E-state index is 0.250. The summed E-state index contributed by atoms with van der Waals surface area (Å²) >= 11 is 0. The minimum atomic E-state index is -0.464. The molecule has 24 heavy (non-hydrogen) atoms. The van der Waals surface area contributed by atoms with Crippen molar-refractivity contribution in [3.05, 3.63) is 36.7 Å². The molecule has 1 amide bonds. The topological polar surface area (TPSA) is 63.5 Å². The molecule has 0 bridgehead atoms. The Labute approximate surface area is 141 Å². The molecule has 128 valence electrons. The van der Waals surface area contributed by atoms with Crippen LogP contribution in [0.2, 0.25) is 0 Å². The van der Waals surface area contributed by atoms with Crippen molar-refractivity contribution < 1.29 is 9.53 Å². The van der Waals surface area contributed by atoms with Crippen LogP contribution in [-0.4, -0.2) is 57.5 Å². The van der Waals surface area contributed by atoms with Gasteiger partial charge in [0.05, 0.1) is 0 Å². The number of amides is 1. The lowest BCUT2D eigenvalue weighted by atomic mass is 10.2. The maximum absolute atomic E-state index is 12.1. The molecule has 0 spiro atoms. The smallest absolute Gasteiger partial charge is 0.410 e. The van der Waals surface area contributed by atoms with E-state index in [2.05, 4.69) is 15.0 Å². The van der Waals surface area contributed by atoms with Crippen molar-refractivity contribution >= 4 is 11.9 Å². The highest BCUT2D eigenvalue weighted by atomic mass is 16.6. The van der Waals surface area contributed by atoms with Crippen LogP contribution in [0.15, 0.2) is 36.7 Å². The van der Waals surface area contributed by atoms with Gasteiger partial charge in [0.1, 0.15) is 11.4 Å². The summed E-state index contributed by atoms with van der Waals surface area (Å²) in [4.78, 5) is 20.7. The number of aromatic nitrogens is 3. The van der Waals surface area contributed by atoms with Gasteiger partial charge in [0, 0.05) is 38.6 Å². The highest BCUT2D eigenvalue weighted by Crippen LogP contribution is 2.17. The lowest BCUT2D eigenvalue weighted by molar-refractivity contribution is 0.0240. The molecule has 1 aliphatic rings. The molecule has 1 aliphatic heterocycles. The van der Waals surface area contributed by atoms with Gasteiger partial charge < -0.3 is 14.5 Å². The van der Waals surface area contributed by atoms with Gasteiger partial charge in [-0.25, -0.2) is 14.5 Å². The van der Waals surface area contributed by atoms with E-state index in [4.69, 9.17) is 4.74 Å². The van der Waals surface area contributed by atoms with Crippen LogP contribution in [0.4, 0.5) is 10.6 Å². The van der Waals surface area contributed by atoms with Crippen molar-refractivity contribution in [2.45, 2.75) is 26.4 Å². The summed E-state index contributed by atoms with van der Waals surface area (Å²) in [5.41, 5.74) is -0.464. The summed E-state index contributed by atoms with van der Waals surface area (Å²) < 4.78 is 7.16. The molecule has 2 aromatic heterocycles. The largest absolute Gasteiger partial charge is 0.444 e. The van der Waals surface area contributed by atoms with Crippen LogP contribution in [0, 0.1) is 0 Å². The Morgan fingerprint density at radius 2 is 1.79 bits per heavy atom. The molecule has 0 N–H and O–H groups in total. The Morgan fingerprint density at radius 3 is 2.42 bits per heavy atom. The molecule has 0 aromatic carbocycles. The Kier molecular flexibility index (Phi) is 4.42. The first-order valence-electron chi connectivity index (χ1n) is 8.12. The lowest BCUT2D eigenvalue weighted by Crippen LogP contribution is -2.50. The van der Waals surface area contributed by atoms with Crippen LogP contribution in [0.3, 0.4) is 0 Å². The third-order valence-electron chi connectivity index (χ3n) is 3.71. The van der Waals surface area contributed by atoms with Crippen molar-refractivity contribution in [1.29, 1.82) is 0 Å². The van der Waals surface area contributed by atoms with E-state index >= 15 is 0 Å². The highest BCUT2D eigenvalue weighted by molar-refractivity contribution is 5.68. The molecule has 0 saturated carbocycles. The zero-order valence-electron chi connectivity index (χ0n) is 14.3. The predicted octanol–water partition coefficient (Wildman–Crippen LogP) is 2.32. The average Bonchev–Trinajstić information content (AvgIpc) is 3.08. The Hall–Kier alpha value is -2.57. The summed E-state index contributed by atoms with van der Waals surface area (Å²) in [6.07, 6.45) is 3.35. The number of ether oxygens (including phenoxy) is 1. The molecule has 1 saturated heterocycles. The number of piperazine rings is 1. The fourth-order valence-corrected chi connectivity index (χ4v) is 2.56. The second kappa shape index (κ2) is 6.51. The first kappa shape index (κ1) is 16.3. The Morgan fingerprint density at radius 1 is 1.08 bits per heavy atom. The zero-order valence-corrected chi connectivity index (χ0v) is 14.3. The van der Waals surface area contributed by atoms with Gasteiger partial charge >= 0.3 is 6.09 Å². The quantitative estimate of drug-likeness (QED) is 0.846. The molecule has 2 aromatic rings. The second-order valence-corrected chi connectivity index (χ2v) is 6.76. The van der Waals surface area contributed by atoms with E-state index in [1.807, 2.05) is 51.2 Å². The maximum atomic E-state index is 12.1. The highest BCUT2D eigenvalue weighted by Gasteiger charge is 2.26. The average molecular weight is 329 g/mol. The van der Waals surface area contributed by atoms with E-state index in [9.17, 15) is 4.79 Å². The molecular formula is C17H23N5O2. The van der Waals surface area contributed by atoms with Crippen LogP contribution in [0.1, 0.15) is 20.8 Å². The molecule has 7 nitrogen and oxygen atoms in total. The number of hydrogen-bond donors (Lipinski definition) is 0. The van der Waals surface area contributed by atoms with Crippen molar-refractivity contribution in [3.8, 4) is 5.82 Å². The molecule has 7 heteroatoms. The van der Waals surface area contributed by atoms with E-state index < -0.39 is 5.60 Å². The van der Waals surface area contributed by atoms with E-state index in [0.29, 0.717) is 13.1 Å².